The normalized spacial score (nSPS) is 15.2. The van der Waals surface area contributed by atoms with Crippen molar-refractivity contribution in [3.05, 3.63) is 59.4 Å². The van der Waals surface area contributed by atoms with E-state index in [1.54, 1.807) is 38.2 Å². The first kappa shape index (κ1) is 19.7. The molecule has 0 aromatic carbocycles. The predicted octanol–water partition coefficient (Wildman–Crippen LogP) is 5.44. The average molecular weight is 308 g/mol. The number of aliphatic imine (C=N–C) groups is 1. The summed E-state index contributed by atoms with van der Waals surface area (Å²) in [5.41, 5.74) is 1.74. The van der Waals surface area contributed by atoms with Gasteiger partial charge in [0.2, 0.25) is 0 Å². The molecule has 0 aliphatic carbocycles. The molecule has 0 amide bonds. The fraction of sp³-hybridized carbons (Fsp3) is 0.294. The lowest BCUT2D eigenvalue weighted by atomic mass is 10.1. The third-order valence-corrected chi connectivity index (χ3v) is 2.48. The van der Waals surface area contributed by atoms with E-state index < -0.39 is 6.18 Å². The molecule has 0 bridgehead atoms. The predicted molar refractivity (Wildman–Crippen MR) is 84.3 cm³/mol. The number of alkyl halides is 3. The van der Waals surface area contributed by atoms with Crippen LogP contribution >= 0.6 is 0 Å². The topological polar surface area (TPSA) is 36.1 Å². The van der Waals surface area contributed by atoms with Crippen LogP contribution in [0.3, 0.4) is 0 Å². The maximum Gasteiger partial charge on any atom is 0.409 e. The quantitative estimate of drug-likeness (QED) is 0.365. The van der Waals surface area contributed by atoms with Gasteiger partial charge in [0.1, 0.15) is 11.8 Å². The Balaban J connectivity index is 5.11. The smallest absolute Gasteiger partial charge is 0.245 e. The molecule has 0 atom stereocenters. The van der Waals surface area contributed by atoms with Gasteiger partial charge in [0.05, 0.1) is 0 Å². The zero-order chi connectivity index (χ0) is 17.0. The van der Waals surface area contributed by atoms with Crippen molar-refractivity contribution >= 4 is 6.21 Å². The monoisotopic (exact) mass is 308 g/mol. The van der Waals surface area contributed by atoms with Crippen molar-refractivity contribution in [1.82, 2.24) is 0 Å². The first-order valence-electron chi connectivity index (χ1n) is 6.77. The van der Waals surface area contributed by atoms with Crippen molar-refractivity contribution in [3.8, 4) is 6.07 Å². The van der Waals surface area contributed by atoms with Crippen LogP contribution in [0.2, 0.25) is 0 Å². The number of halogens is 3. The minimum Gasteiger partial charge on any atom is -0.245 e. The Kier molecular flexibility index (Phi) is 9.28. The minimum absolute atomic E-state index is 0.165. The molecule has 0 aromatic rings. The van der Waals surface area contributed by atoms with Crippen LogP contribution in [0, 0.1) is 11.3 Å². The first-order chi connectivity index (χ1) is 10.4. The van der Waals surface area contributed by atoms with Crippen molar-refractivity contribution in [1.29, 1.82) is 5.26 Å². The van der Waals surface area contributed by atoms with Crippen LogP contribution < -0.4 is 0 Å². The summed E-state index contributed by atoms with van der Waals surface area (Å²) < 4.78 is 36.0. The van der Waals surface area contributed by atoms with Gasteiger partial charge in [-0.25, -0.2) is 4.99 Å². The second-order valence-corrected chi connectivity index (χ2v) is 4.12. The van der Waals surface area contributed by atoms with Gasteiger partial charge in [0, 0.05) is 12.3 Å². The van der Waals surface area contributed by atoms with E-state index in [1.807, 2.05) is 13.0 Å². The summed E-state index contributed by atoms with van der Waals surface area (Å²) in [6.45, 7) is 5.47. The standard InChI is InChI=1S/C17H19F3N2/c1-4-9-16(12-21)22-13-15(6-3)14(5-2)10-7-8-11-17(18,19)20/h5-11,13H,4H2,1-3H3/b10-7-,11-8+,14-5?,15-6+,16-9+,22-13-. The highest BCUT2D eigenvalue weighted by Crippen LogP contribution is 2.16. The maximum atomic E-state index is 12.0. The number of nitriles is 1. The summed E-state index contributed by atoms with van der Waals surface area (Å²) in [7, 11) is 0. The summed E-state index contributed by atoms with van der Waals surface area (Å²) in [4.78, 5) is 4.07. The Bertz CT molecular complexity index is 566. The molecule has 0 rings (SSSR count). The number of rotatable bonds is 6. The molecule has 0 aliphatic rings. The van der Waals surface area contributed by atoms with E-state index in [-0.39, 0.29) is 6.08 Å². The Hall–Kier alpha value is -2.35. The summed E-state index contributed by atoms with van der Waals surface area (Å²) in [6.07, 6.45) is 7.10. The van der Waals surface area contributed by atoms with Crippen molar-refractivity contribution in [2.75, 3.05) is 0 Å². The summed E-state index contributed by atoms with van der Waals surface area (Å²) in [5, 5.41) is 8.89. The summed E-state index contributed by atoms with van der Waals surface area (Å²) >= 11 is 0. The van der Waals surface area contributed by atoms with E-state index in [4.69, 9.17) is 5.26 Å². The third kappa shape index (κ3) is 8.75. The van der Waals surface area contributed by atoms with Gasteiger partial charge in [-0.2, -0.15) is 18.4 Å². The second kappa shape index (κ2) is 10.4. The molecule has 2 nitrogen and oxygen atoms in total. The largest absolute Gasteiger partial charge is 0.409 e. The first-order valence-corrected chi connectivity index (χ1v) is 6.77. The number of nitrogens with zero attached hydrogens (tertiary/aromatic N) is 2. The van der Waals surface area contributed by atoms with Crippen LogP contribution in [0.4, 0.5) is 13.2 Å². The Morgan fingerprint density at radius 2 is 1.77 bits per heavy atom. The van der Waals surface area contributed by atoms with Crippen molar-refractivity contribution in [2.45, 2.75) is 33.4 Å². The number of allylic oxidation sites excluding steroid dienone is 10. The van der Waals surface area contributed by atoms with Crippen LogP contribution in [0.5, 0.6) is 0 Å². The van der Waals surface area contributed by atoms with Gasteiger partial charge in [-0.3, -0.25) is 0 Å². The zero-order valence-corrected chi connectivity index (χ0v) is 12.9. The van der Waals surface area contributed by atoms with Crippen molar-refractivity contribution < 1.29 is 13.2 Å². The van der Waals surface area contributed by atoms with Gasteiger partial charge >= 0.3 is 6.18 Å². The number of hydrogen-bond donors (Lipinski definition) is 0. The molecule has 0 aromatic heterocycles. The van der Waals surface area contributed by atoms with Crippen LogP contribution in [0.25, 0.3) is 0 Å². The lowest BCUT2D eigenvalue weighted by Crippen LogP contribution is -1.99. The maximum absolute atomic E-state index is 12.0. The highest BCUT2D eigenvalue weighted by atomic mass is 19.4. The van der Waals surface area contributed by atoms with Gasteiger partial charge in [0.25, 0.3) is 0 Å². The van der Waals surface area contributed by atoms with Crippen molar-refractivity contribution in [2.24, 2.45) is 4.99 Å². The van der Waals surface area contributed by atoms with Gasteiger partial charge in [-0.05, 0) is 37.5 Å². The van der Waals surface area contributed by atoms with E-state index in [2.05, 4.69) is 4.99 Å². The molecular formula is C17H19F3N2. The van der Waals surface area contributed by atoms with Gasteiger partial charge in [0.15, 0.2) is 0 Å². The Morgan fingerprint density at radius 1 is 1.14 bits per heavy atom. The average Bonchev–Trinajstić information content (AvgIpc) is 2.47. The summed E-state index contributed by atoms with van der Waals surface area (Å²) in [5.74, 6) is 0. The summed E-state index contributed by atoms with van der Waals surface area (Å²) in [6, 6.07) is 1.97. The molecule has 0 saturated heterocycles. The second-order valence-electron chi connectivity index (χ2n) is 4.12. The molecule has 5 heteroatoms. The molecule has 118 valence electrons. The lowest BCUT2D eigenvalue weighted by molar-refractivity contribution is -0.0798. The zero-order valence-electron chi connectivity index (χ0n) is 12.9. The van der Waals surface area contributed by atoms with E-state index in [1.165, 1.54) is 12.3 Å². The molecule has 0 saturated carbocycles. The van der Waals surface area contributed by atoms with Crippen LogP contribution in [0.1, 0.15) is 27.2 Å². The highest BCUT2D eigenvalue weighted by Gasteiger charge is 2.21. The van der Waals surface area contributed by atoms with Gasteiger partial charge in [-0.15, -0.1) is 0 Å². The molecule has 0 radical (unpaired) electrons. The van der Waals surface area contributed by atoms with Crippen molar-refractivity contribution in [3.63, 3.8) is 0 Å². The molecule has 0 unspecified atom stereocenters. The highest BCUT2D eigenvalue weighted by molar-refractivity contribution is 5.86. The molecule has 0 fully saturated rings. The van der Waals surface area contributed by atoms with Crippen LogP contribution in [-0.2, 0) is 0 Å². The molecule has 0 aliphatic heterocycles. The Morgan fingerprint density at radius 3 is 2.23 bits per heavy atom. The van der Waals surface area contributed by atoms with E-state index in [9.17, 15) is 13.2 Å². The fourth-order valence-electron chi connectivity index (χ4n) is 1.46. The van der Waals surface area contributed by atoms with Crippen LogP contribution in [0.15, 0.2) is 64.4 Å². The van der Waals surface area contributed by atoms with E-state index in [0.29, 0.717) is 17.7 Å². The molecule has 22 heavy (non-hydrogen) atoms. The van der Waals surface area contributed by atoms with E-state index in [0.717, 1.165) is 11.6 Å². The SMILES string of the molecule is CC=C(/C=C\C=C\C(F)(F)F)C(/C=N\C(C#N)=C\CC)=C/C. The van der Waals surface area contributed by atoms with E-state index >= 15 is 0 Å². The minimum atomic E-state index is -4.32. The third-order valence-electron chi connectivity index (χ3n) is 2.48. The van der Waals surface area contributed by atoms with Gasteiger partial charge in [-0.1, -0.05) is 37.3 Å². The molecule has 0 heterocycles. The Labute approximate surface area is 129 Å². The molecule has 0 N–H and O–H groups in total. The molecule has 0 spiro atoms. The van der Waals surface area contributed by atoms with Gasteiger partial charge < -0.3 is 0 Å². The fourth-order valence-corrected chi connectivity index (χ4v) is 1.46. The molecular weight excluding hydrogens is 289 g/mol. The lowest BCUT2D eigenvalue weighted by Gasteiger charge is -2.01. The number of hydrogen-bond acceptors (Lipinski definition) is 2. The van der Waals surface area contributed by atoms with Crippen LogP contribution in [-0.4, -0.2) is 12.4 Å².